The fraction of sp³-hybridized carbons (Fsp3) is 0.143. The third-order valence-corrected chi connectivity index (χ3v) is 1.55. The number of benzene rings is 1. The summed E-state index contributed by atoms with van der Waals surface area (Å²) < 4.78 is 49.0. The topological polar surface area (TPSA) is 63.4 Å². The Kier molecular flexibility index (Phi) is 2.52. The Balaban J connectivity index is 3.45. The van der Waals surface area contributed by atoms with Crippen LogP contribution < -0.4 is 0 Å². The fourth-order valence-electron chi connectivity index (χ4n) is 0.906. The molecular formula is C7H3F4NO3. The molecule has 0 amide bonds. The third kappa shape index (κ3) is 2.14. The molecule has 1 aromatic rings. The van der Waals surface area contributed by atoms with Gasteiger partial charge in [-0.15, -0.1) is 0 Å². The van der Waals surface area contributed by atoms with Crippen molar-refractivity contribution in [3.63, 3.8) is 0 Å². The third-order valence-electron chi connectivity index (χ3n) is 1.55. The summed E-state index contributed by atoms with van der Waals surface area (Å²) in [7, 11) is 0. The number of nitrogens with zero attached hydrogens (tertiary/aromatic N) is 1. The van der Waals surface area contributed by atoms with Crippen molar-refractivity contribution < 1.29 is 27.6 Å². The normalized spacial score (nSPS) is 11.5. The van der Waals surface area contributed by atoms with E-state index >= 15 is 0 Å². The Morgan fingerprint density at radius 1 is 1.33 bits per heavy atom. The van der Waals surface area contributed by atoms with E-state index in [-0.39, 0.29) is 6.07 Å². The Bertz CT molecular complexity index is 415. The van der Waals surface area contributed by atoms with Crippen LogP contribution in [0.1, 0.15) is 5.56 Å². The molecule has 0 aliphatic heterocycles. The van der Waals surface area contributed by atoms with Gasteiger partial charge in [-0.05, 0) is 0 Å². The molecule has 82 valence electrons. The molecule has 0 bridgehead atoms. The minimum Gasteiger partial charge on any atom is -0.505 e. The van der Waals surface area contributed by atoms with Gasteiger partial charge in [-0.1, -0.05) is 0 Å². The highest BCUT2D eigenvalue weighted by Gasteiger charge is 2.37. The molecule has 1 rings (SSSR count). The molecule has 8 heteroatoms. The van der Waals surface area contributed by atoms with Crippen molar-refractivity contribution in [3.05, 3.63) is 33.6 Å². The van der Waals surface area contributed by atoms with E-state index in [2.05, 4.69) is 0 Å². The summed E-state index contributed by atoms with van der Waals surface area (Å²) in [6.45, 7) is 0. The molecule has 0 saturated heterocycles. The number of nitro benzene ring substituents is 1. The van der Waals surface area contributed by atoms with E-state index in [9.17, 15) is 27.7 Å². The van der Waals surface area contributed by atoms with Crippen LogP contribution in [-0.2, 0) is 6.18 Å². The Hall–Kier alpha value is -1.86. The number of hydrogen-bond acceptors (Lipinski definition) is 3. The van der Waals surface area contributed by atoms with Crippen LogP contribution in [0.15, 0.2) is 12.1 Å². The largest absolute Gasteiger partial charge is 0.505 e. The van der Waals surface area contributed by atoms with Crippen LogP contribution >= 0.6 is 0 Å². The number of aromatic hydroxyl groups is 1. The first-order valence-electron chi connectivity index (χ1n) is 3.47. The number of phenolic OH excluding ortho intramolecular Hbond substituents is 1. The highest BCUT2D eigenvalue weighted by Crippen LogP contribution is 2.37. The lowest BCUT2D eigenvalue weighted by atomic mass is 10.1. The number of alkyl halides is 3. The lowest BCUT2D eigenvalue weighted by Gasteiger charge is -2.08. The number of non-ortho nitro benzene ring substituents is 1. The Morgan fingerprint density at radius 2 is 1.87 bits per heavy atom. The van der Waals surface area contributed by atoms with Crippen LogP contribution in [0.3, 0.4) is 0 Å². The van der Waals surface area contributed by atoms with Gasteiger partial charge in [0.25, 0.3) is 5.69 Å². The number of hydrogen-bond donors (Lipinski definition) is 1. The van der Waals surface area contributed by atoms with Gasteiger partial charge in [-0.25, -0.2) is 4.39 Å². The van der Waals surface area contributed by atoms with Crippen LogP contribution in [0.4, 0.5) is 23.2 Å². The van der Waals surface area contributed by atoms with Crippen LogP contribution in [0, 0.1) is 15.9 Å². The van der Waals surface area contributed by atoms with E-state index in [1.165, 1.54) is 0 Å². The lowest BCUT2D eigenvalue weighted by molar-refractivity contribution is -0.385. The van der Waals surface area contributed by atoms with Gasteiger partial charge in [0.2, 0.25) is 0 Å². The molecule has 0 unspecified atom stereocenters. The molecule has 0 saturated carbocycles. The molecule has 0 atom stereocenters. The van der Waals surface area contributed by atoms with Crippen molar-refractivity contribution in [1.29, 1.82) is 0 Å². The van der Waals surface area contributed by atoms with Gasteiger partial charge in [-0.2, -0.15) is 13.2 Å². The van der Waals surface area contributed by atoms with Crippen molar-refractivity contribution >= 4 is 5.69 Å². The Morgan fingerprint density at radius 3 is 2.27 bits per heavy atom. The van der Waals surface area contributed by atoms with Crippen LogP contribution in [-0.4, -0.2) is 10.0 Å². The van der Waals surface area contributed by atoms with E-state index in [1.807, 2.05) is 0 Å². The molecule has 0 fully saturated rings. The van der Waals surface area contributed by atoms with E-state index in [1.54, 1.807) is 0 Å². The first-order chi connectivity index (χ1) is 6.73. The fourth-order valence-corrected chi connectivity index (χ4v) is 0.906. The lowest BCUT2D eigenvalue weighted by Crippen LogP contribution is -2.09. The molecule has 1 N–H and O–H groups in total. The minimum atomic E-state index is -5.09. The van der Waals surface area contributed by atoms with Gasteiger partial charge in [0, 0.05) is 6.07 Å². The van der Waals surface area contributed by atoms with Crippen molar-refractivity contribution in [2.75, 3.05) is 0 Å². The summed E-state index contributed by atoms with van der Waals surface area (Å²) in [4.78, 5) is 8.99. The maximum Gasteiger partial charge on any atom is 0.419 e. The van der Waals surface area contributed by atoms with E-state index in [0.717, 1.165) is 0 Å². The van der Waals surface area contributed by atoms with Crippen LogP contribution in [0.2, 0.25) is 0 Å². The van der Waals surface area contributed by atoms with Crippen LogP contribution in [0.25, 0.3) is 0 Å². The SMILES string of the molecule is O=[N+]([O-])c1cc(O)c(F)c(C(F)(F)F)c1. The Labute approximate surface area is 79.9 Å². The highest BCUT2D eigenvalue weighted by atomic mass is 19.4. The smallest absolute Gasteiger partial charge is 0.419 e. The quantitative estimate of drug-likeness (QED) is 0.453. The standard InChI is InChI=1S/C7H3F4NO3/c8-6-4(7(9,10)11)1-3(12(14)15)2-5(6)13/h1-2,13H. The van der Waals surface area contributed by atoms with Crippen molar-refractivity contribution in [2.45, 2.75) is 6.18 Å². The van der Waals surface area contributed by atoms with Gasteiger partial charge < -0.3 is 5.11 Å². The first kappa shape index (κ1) is 11.2. The molecule has 0 aliphatic carbocycles. The second-order valence-corrected chi connectivity index (χ2v) is 2.58. The molecule has 15 heavy (non-hydrogen) atoms. The maximum absolute atomic E-state index is 12.7. The highest BCUT2D eigenvalue weighted by molar-refractivity contribution is 5.44. The molecule has 0 heterocycles. The van der Waals surface area contributed by atoms with E-state index < -0.39 is 33.9 Å². The summed E-state index contributed by atoms with van der Waals surface area (Å²) in [6, 6.07) is 0.333. The van der Waals surface area contributed by atoms with Gasteiger partial charge >= 0.3 is 6.18 Å². The predicted molar refractivity (Wildman–Crippen MR) is 39.7 cm³/mol. The number of phenols is 1. The first-order valence-corrected chi connectivity index (χ1v) is 3.47. The summed E-state index contributed by atoms with van der Waals surface area (Å²) in [5, 5.41) is 18.9. The molecule has 0 spiro atoms. The van der Waals surface area contributed by atoms with Gasteiger partial charge in [-0.3, -0.25) is 10.1 Å². The van der Waals surface area contributed by atoms with Crippen molar-refractivity contribution in [3.8, 4) is 5.75 Å². The average molecular weight is 225 g/mol. The monoisotopic (exact) mass is 225 g/mol. The molecule has 4 nitrogen and oxygen atoms in total. The summed E-state index contributed by atoms with van der Waals surface area (Å²) in [6.07, 6.45) is -5.09. The second-order valence-electron chi connectivity index (χ2n) is 2.58. The van der Waals surface area contributed by atoms with Gasteiger partial charge in [0.1, 0.15) is 5.56 Å². The van der Waals surface area contributed by atoms with E-state index in [0.29, 0.717) is 6.07 Å². The van der Waals surface area contributed by atoms with E-state index in [4.69, 9.17) is 5.11 Å². The van der Waals surface area contributed by atoms with Crippen molar-refractivity contribution in [1.82, 2.24) is 0 Å². The van der Waals surface area contributed by atoms with Gasteiger partial charge in [0.05, 0.1) is 11.0 Å². The molecule has 0 radical (unpaired) electrons. The zero-order valence-electron chi connectivity index (χ0n) is 6.88. The average Bonchev–Trinajstić information content (AvgIpc) is 2.06. The summed E-state index contributed by atoms with van der Waals surface area (Å²) in [5.41, 5.74) is -2.89. The molecule has 0 aliphatic rings. The maximum atomic E-state index is 12.7. The zero-order valence-corrected chi connectivity index (χ0v) is 6.88. The molecule has 1 aromatic carbocycles. The number of halogens is 4. The summed E-state index contributed by atoms with van der Waals surface area (Å²) >= 11 is 0. The zero-order chi connectivity index (χ0) is 11.8. The van der Waals surface area contributed by atoms with Crippen molar-refractivity contribution in [2.24, 2.45) is 0 Å². The number of nitro groups is 1. The minimum absolute atomic E-state index is 0.0229. The molecule has 0 aromatic heterocycles. The molecular weight excluding hydrogens is 222 g/mol. The van der Waals surface area contributed by atoms with Gasteiger partial charge in [0.15, 0.2) is 11.6 Å². The second kappa shape index (κ2) is 3.37. The summed E-state index contributed by atoms with van der Waals surface area (Å²) in [5.74, 6) is -3.33. The predicted octanol–water partition coefficient (Wildman–Crippen LogP) is 2.46. The van der Waals surface area contributed by atoms with Crippen LogP contribution in [0.5, 0.6) is 5.75 Å². The number of rotatable bonds is 1.